The monoisotopic (exact) mass is 275 g/mol. The van der Waals surface area contributed by atoms with E-state index in [-0.39, 0.29) is 13.0 Å². The van der Waals surface area contributed by atoms with E-state index in [0.717, 1.165) is 0 Å². The SMILES string of the molecule is COCCC(NC(=O)NCCN(C)C(C)C)C(=O)O. The maximum atomic E-state index is 11.5. The maximum Gasteiger partial charge on any atom is 0.326 e. The van der Waals surface area contributed by atoms with Gasteiger partial charge in [0, 0.05) is 39.3 Å². The quantitative estimate of drug-likeness (QED) is 0.556. The van der Waals surface area contributed by atoms with Crippen LogP contribution in [0.15, 0.2) is 0 Å². The van der Waals surface area contributed by atoms with Crippen LogP contribution >= 0.6 is 0 Å². The number of urea groups is 1. The van der Waals surface area contributed by atoms with Gasteiger partial charge < -0.3 is 25.4 Å². The topological polar surface area (TPSA) is 90.9 Å². The van der Waals surface area contributed by atoms with Crippen molar-refractivity contribution >= 4 is 12.0 Å². The highest BCUT2D eigenvalue weighted by Gasteiger charge is 2.19. The molecule has 0 spiro atoms. The molecule has 112 valence electrons. The van der Waals surface area contributed by atoms with Gasteiger partial charge in [-0.15, -0.1) is 0 Å². The lowest BCUT2D eigenvalue weighted by Gasteiger charge is -2.21. The second kappa shape index (κ2) is 9.57. The van der Waals surface area contributed by atoms with Gasteiger partial charge in [-0.2, -0.15) is 0 Å². The molecule has 0 fully saturated rings. The first-order valence-corrected chi connectivity index (χ1v) is 6.34. The molecule has 0 aromatic rings. The molecule has 0 bridgehead atoms. The first kappa shape index (κ1) is 17.7. The summed E-state index contributed by atoms with van der Waals surface area (Å²) in [6.07, 6.45) is 0.241. The molecule has 0 saturated heterocycles. The summed E-state index contributed by atoms with van der Waals surface area (Å²) in [6.45, 7) is 5.59. The fourth-order valence-electron chi connectivity index (χ4n) is 1.31. The van der Waals surface area contributed by atoms with Crippen LogP contribution in [0.3, 0.4) is 0 Å². The highest BCUT2D eigenvalue weighted by Crippen LogP contribution is 1.93. The van der Waals surface area contributed by atoms with E-state index in [2.05, 4.69) is 29.4 Å². The van der Waals surface area contributed by atoms with E-state index in [1.165, 1.54) is 7.11 Å². The minimum absolute atomic E-state index is 0.241. The Bertz CT molecular complexity index is 284. The summed E-state index contributed by atoms with van der Waals surface area (Å²) in [4.78, 5) is 24.5. The number of likely N-dealkylation sites (N-methyl/N-ethyl adjacent to an activating group) is 1. The normalized spacial score (nSPS) is 12.5. The van der Waals surface area contributed by atoms with Crippen molar-refractivity contribution in [2.45, 2.75) is 32.4 Å². The molecule has 1 unspecified atom stereocenters. The molecule has 0 aromatic heterocycles. The van der Waals surface area contributed by atoms with Gasteiger partial charge in [0.2, 0.25) is 0 Å². The number of hydrogen-bond acceptors (Lipinski definition) is 4. The van der Waals surface area contributed by atoms with Crippen molar-refractivity contribution in [3.63, 3.8) is 0 Å². The molecule has 0 saturated carbocycles. The second-order valence-corrected chi connectivity index (χ2v) is 4.65. The maximum absolute atomic E-state index is 11.5. The fourth-order valence-corrected chi connectivity index (χ4v) is 1.31. The predicted octanol–water partition coefficient (Wildman–Crippen LogP) is 0.116. The van der Waals surface area contributed by atoms with Gasteiger partial charge in [0.05, 0.1) is 0 Å². The number of aliphatic carboxylic acids is 1. The molecule has 0 aromatic carbocycles. The molecule has 19 heavy (non-hydrogen) atoms. The molecule has 3 N–H and O–H groups in total. The van der Waals surface area contributed by atoms with Gasteiger partial charge in [-0.25, -0.2) is 9.59 Å². The largest absolute Gasteiger partial charge is 0.480 e. The van der Waals surface area contributed by atoms with Gasteiger partial charge in [0.1, 0.15) is 6.04 Å². The standard InChI is InChI=1S/C12H25N3O4/c1-9(2)15(3)7-6-13-12(18)14-10(11(16)17)5-8-19-4/h9-10H,5-8H2,1-4H3,(H,16,17)(H2,13,14,18). The molecule has 1 atom stereocenters. The van der Waals surface area contributed by atoms with Gasteiger partial charge in [-0.05, 0) is 20.9 Å². The number of methoxy groups -OCH3 is 1. The Labute approximate surface area is 114 Å². The van der Waals surface area contributed by atoms with Crippen molar-refractivity contribution in [3.8, 4) is 0 Å². The first-order valence-electron chi connectivity index (χ1n) is 6.34. The van der Waals surface area contributed by atoms with E-state index < -0.39 is 18.0 Å². The van der Waals surface area contributed by atoms with E-state index >= 15 is 0 Å². The smallest absolute Gasteiger partial charge is 0.326 e. The summed E-state index contributed by atoms with van der Waals surface area (Å²) in [5, 5.41) is 14.0. The first-order chi connectivity index (χ1) is 8.88. The molecule has 0 aliphatic carbocycles. The van der Waals surface area contributed by atoms with Crippen LogP contribution in [-0.2, 0) is 9.53 Å². The lowest BCUT2D eigenvalue weighted by atomic mass is 10.2. The Morgan fingerprint density at radius 2 is 2.00 bits per heavy atom. The van der Waals surface area contributed by atoms with Crippen LogP contribution in [-0.4, -0.2) is 67.9 Å². The Kier molecular flexibility index (Phi) is 8.90. The van der Waals surface area contributed by atoms with E-state index in [0.29, 0.717) is 19.1 Å². The number of carbonyl (C=O) groups is 2. The molecular weight excluding hydrogens is 250 g/mol. The minimum atomic E-state index is -1.06. The van der Waals surface area contributed by atoms with Crippen LogP contribution in [0.5, 0.6) is 0 Å². The Balaban J connectivity index is 3.96. The average Bonchev–Trinajstić information content (AvgIpc) is 2.33. The molecule has 0 radical (unpaired) electrons. The molecule has 7 nitrogen and oxygen atoms in total. The number of carbonyl (C=O) groups excluding carboxylic acids is 1. The van der Waals surface area contributed by atoms with Crippen LogP contribution in [0.25, 0.3) is 0 Å². The van der Waals surface area contributed by atoms with Crippen LogP contribution in [0.4, 0.5) is 4.79 Å². The minimum Gasteiger partial charge on any atom is -0.480 e. The summed E-state index contributed by atoms with van der Waals surface area (Å²) in [6, 6.07) is -0.998. The Hall–Kier alpha value is -1.34. The number of ether oxygens (including phenoxy) is 1. The van der Waals surface area contributed by atoms with E-state index in [9.17, 15) is 9.59 Å². The van der Waals surface area contributed by atoms with Gasteiger partial charge in [0.25, 0.3) is 0 Å². The van der Waals surface area contributed by atoms with E-state index in [1.807, 2.05) is 7.05 Å². The van der Waals surface area contributed by atoms with Crippen LogP contribution < -0.4 is 10.6 Å². The number of amides is 2. The number of hydrogen-bond donors (Lipinski definition) is 3. The van der Waals surface area contributed by atoms with Crippen molar-refractivity contribution in [3.05, 3.63) is 0 Å². The summed E-state index contributed by atoms with van der Waals surface area (Å²) in [7, 11) is 3.45. The van der Waals surface area contributed by atoms with Crippen LogP contribution in [0.2, 0.25) is 0 Å². The molecule has 0 aliphatic heterocycles. The third-order valence-corrected chi connectivity index (χ3v) is 2.85. The van der Waals surface area contributed by atoms with Crippen molar-refractivity contribution in [2.75, 3.05) is 33.9 Å². The third-order valence-electron chi connectivity index (χ3n) is 2.85. The molecule has 0 rings (SSSR count). The molecule has 2 amide bonds. The number of nitrogens with one attached hydrogen (secondary N) is 2. The van der Waals surface area contributed by atoms with E-state index in [1.54, 1.807) is 0 Å². The molecule has 0 heterocycles. The van der Waals surface area contributed by atoms with Gasteiger partial charge in [0.15, 0.2) is 0 Å². The fraction of sp³-hybridized carbons (Fsp3) is 0.833. The Morgan fingerprint density at radius 3 is 2.47 bits per heavy atom. The number of nitrogens with zero attached hydrogens (tertiary/aromatic N) is 1. The lowest BCUT2D eigenvalue weighted by Crippen LogP contribution is -2.48. The molecular formula is C12H25N3O4. The van der Waals surface area contributed by atoms with Crippen molar-refractivity contribution in [1.29, 1.82) is 0 Å². The highest BCUT2D eigenvalue weighted by atomic mass is 16.5. The van der Waals surface area contributed by atoms with Crippen molar-refractivity contribution in [2.24, 2.45) is 0 Å². The van der Waals surface area contributed by atoms with Crippen molar-refractivity contribution < 1.29 is 19.4 Å². The summed E-state index contributed by atoms with van der Waals surface area (Å²) >= 11 is 0. The lowest BCUT2D eigenvalue weighted by molar-refractivity contribution is -0.139. The zero-order valence-corrected chi connectivity index (χ0v) is 12.1. The summed E-state index contributed by atoms with van der Waals surface area (Å²) < 4.78 is 4.80. The number of carboxylic acid groups (broad SMARTS) is 1. The van der Waals surface area contributed by atoms with Crippen molar-refractivity contribution in [1.82, 2.24) is 15.5 Å². The zero-order valence-electron chi connectivity index (χ0n) is 12.1. The van der Waals surface area contributed by atoms with Gasteiger partial charge >= 0.3 is 12.0 Å². The zero-order chi connectivity index (χ0) is 14.8. The van der Waals surface area contributed by atoms with Gasteiger partial charge in [-0.3, -0.25) is 0 Å². The molecule has 0 aliphatic rings. The van der Waals surface area contributed by atoms with Crippen LogP contribution in [0, 0.1) is 0 Å². The molecule has 7 heteroatoms. The third kappa shape index (κ3) is 8.39. The predicted molar refractivity (Wildman–Crippen MR) is 72.2 cm³/mol. The Morgan fingerprint density at radius 1 is 1.37 bits per heavy atom. The average molecular weight is 275 g/mol. The summed E-state index contributed by atoms with van der Waals surface area (Å²) in [5.41, 5.74) is 0. The van der Waals surface area contributed by atoms with E-state index in [4.69, 9.17) is 9.84 Å². The second-order valence-electron chi connectivity index (χ2n) is 4.65. The highest BCUT2D eigenvalue weighted by molar-refractivity contribution is 5.82. The summed E-state index contributed by atoms with van der Waals surface area (Å²) in [5.74, 6) is -1.06. The number of rotatable bonds is 9. The van der Waals surface area contributed by atoms with Crippen LogP contribution in [0.1, 0.15) is 20.3 Å². The van der Waals surface area contributed by atoms with Gasteiger partial charge in [-0.1, -0.05) is 0 Å². The number of carboxylic acids is 1.